The molecule has 30 heavy (non-hydrogen) atoms. The Bertz CT molecular complexity index is 624. The number of carboxylic acid groups (broad SMARTS) is 2. The van der Waals surface area contributed by atoms with E-state index in [1.807, 2.05) is 0 Å². The summed E-state index contributed by atoms with van der Waals surface area (Å²) in [6, 6.07) is -4.51. The average Bonchev–Trinajstić information content (AvgIpc) is 2.70. The van der Waals surface area contributed by atoms with Gasteiger partial charge in [-0.15, -0.1) is 0 Å². The molecule has 4 atom stereocenters. The van der Waals surface area contributed by atoms with Crippen LogP contribution in [0.15, 0.2) is 0 Å². The van der Waals surface area contributed by atoms with E-state index in [0.29, 0.717) is 5.75 Å². The number of hydrogen-bond acceptors (Lipinski definition) is 9. The molecule has 0 aromatic heterocycles. The lowest BCUT2D eigenvalue weighted by Crippen LogP contribution is -2.58. The maximum atomic E-state index is 12.5. The van der Waals surface area contributed by atoms with Crippen LogP contribution in [0.1, 0.15) is 19.3 Å². The Morgan fingerprint density at radius 3 is 1.83 bits per heavy atom. The number of amides is 3. The Labute approximate surface area is 189 Å². The smallest absolute Gasteiger partial charge is 0.327 e. The highest BCUT2D eigenvalue weighted by atomic mass is 32.2. The number of aliphatic carboxylic acids is 2. The first kappa shape index (κ1) is 28.4. The van der Waals surface area contributed by atoms with Crippen molar-refractivity contribution in [3.05, 3.63) is 0 Å². The minimum absolute atomic E-state index is 0.103. The molecule has 0 saturated carbocycles. The van der Waals surface area contributed by atoms with E-state index >= 15 is 0 Å². The molecule has 0 aliphatic rings. The zero-order valence-electron chi connectivity index (χ0n) is 16.4. The Morgan fingerprint density at radius 1 is 0.867 bits per heavy atom. The van der Waals surface area contributed by atoms with E-state index in [2.05, 4.69) is 41.2 Å². The van der Waals surface area contributed by atoms with Crippen molar-refractivity contribution in [1.82, 2.24) is 16.0 Å². The second kappa shape index (κ2) is 15.2. The summed E-state index contributed by atoms with van der Waals surface area (Å²) in [6.45, 7) is 0. The molecule has 0 spiro atoms. The molecule has 0 aromatic carbocycles. The Kier molecular flexibility index (Phi) is 14.4. The predicted octanol–water partition coefficient (Wildman–Crippen LogP) is -1.67. The molecular weight excluding hydrogens is 456 g/mol. The van der Waals surface area contributed by atoms with E-state index in [1.54, 1.807) is 6.26 Å². The van der Waals surface area contributed by atoms with Crippen LogP contribution in [0.5, 0.6) is 0 Å². The topological polar surface area (TPSA) is 188 Å². The molecule has 7 N–H and O–H groups in total. The molecule has 0 heterocycles. The van der Waals surface area contributed by atoms with E-state index in [4.69, 9.17) is 15.9 Å². The minimum atomic E-state index is -1.26. The largest absolute Gasteiger partial charge is 0.481 e. The van der Waals surface area contributed by atoms with Gasteiger partial charge in [0.2, 0.25) is 17.7 Å². The fourth-order valence-electron chi connectivity index (χ4n) is 2.12. The van der Waals surface area contributed by atoms with Crippen LogP contribution in [-0.2, 0) is 24.0 Å². The predicted molar refractivity (Wildman–Crippen MR) is 119 cm³/mol. The normalized spacial score (nSPS) is 14.7. The molecule has 4 unspecified atom stereocenters. The van der Waals surface area contributed by atoms with Crippen molar-refractivity contribution in [2.24, 2.45) is 5.73 Å². The lowest BCUT2D eigenvalue weighted by Gasteiger charge is -2.24. The summed E-state index contributed by atoms with van der Waals surface area (Å²) in [5.74, 6) is -4.22. The highest BCUT2D eigenvalue weighted by Crippen LogP contribution is 2.04. The molecule has 0 aliphatic carbocycles. The van der Waals surface area contributed by atoms with Crippen molar-refractivity contribution in [2.75, 3.05) is 23.5 Å². The molecule has 0 radical (unpaired) electrons. The number of rotatable bonds is 15. The third kappa shape index (κ3) is 10.9. The average molecular weight is 485 g/mol. The van der Waals surface area contributed by atoms with Gasteiger partial charge in [0.15, 0.2) is 0 Å². The van der Waals surface area contributed by atoms with Crippen molar-refractivity contribution >= 4 is 66.7 Å². The van der Waals surface area contributed by atoms with Crippen molar-refractivity contribution < 1.29 is 34.2 Å². The lowest BCUT2D eigenvalue weighted by atomic mass is 10.1. The summed E-state index contributed by atoms with van der Waals surface area (Å²) in [4.78, 5) is 58.7. The van der Waals surface area contributed by atoms with Gasteiger partial charge < -0.3 is 31.9 Å². The molecule has 11 nitrogen and oxygen atoms in total. The number of thiol groups is 2. The lowest BCUT2D eigenvalue weighted by molar-refractivity contribution is -0.141. The quantitative estimate of drug-likeness (QED) is 0.126. The van der Waals surface area contributed by atoms with Crippen LogP contribution in [0.4, 0.5) is 0 Å². The van der Waals surface area contributed by atoms with Crippen LogP contribution < -0.4 is 21.7 Å². The first-order valence-corrected chi connectivity index (χ1v) is 11.5. The summed E-state index contributed by atoms with van der Waals surface area (Å²) >= 11 is 9.33. The van der Waals surface area contributed by atoms with E-state index < -0.39 is 53.8 Å². The van der Waals surface area contributed by atoms with E-state index in [0.717, 1.165) is 0 Å². The fraction of sp³-hybridized carbons (Fsp3) is 0.688. The zero-order chi connectivity index (χ0) is 23.3. The highest BCUT2D eigenvalue weighted by Gasteiger charge is 2.29. The third-order valence-electron chi connectivity index (χ3n) is 3.86. The number of nitrogens with one attached hydrogen (secondary N) is 3. The second-order valence-corrected chi connectivity index (χ2v) is 7.92. The van der Waals surface area contributed by atoms with Crippen molar-refractivity contribution in [3.8, 4) is 0 Å². The van der Waals surface area contributed by atoms with Crippen molar-refractivity contribution in [1.29, 1.82) is 0 Å². The van der Waals surface area contributed by atoms with Crippen molar-refractivity contribution in [2.45, 2.75) is 43.4 Å². The first-order chi connectivity index (χ1) is 14.1. The van der Waals surface area contributed by atoms with Crippen LogP contribution in [0.25, 0.3) is 0 Å². The number of thioether (sulfide) groups is 1. The maximum Gasteiger partial charge on any atom is 0.327 e. The molecule has 0 aromatic rings. The van der Waals surface area contributed by atoms with Gasteiger partial charge in [-0.05, 0) is 24.9 Å². The number of hydrogen-bond donors (Lipinski definition) is 8. The van der Waals surface area contributed by atoms with Crippen molar-refractivity contribution in [3.63, 3.8) is 0 Å². The second-order valence-electron chi connectivity index (χ2n) is 6.21. The van der Waals surface area contributed by atoms with E-state index in [1.165, 1.54) is 11.8 Å². The molecular formula is C16H28N4O7S3. The number of nitrogens with two attached hydrogens (primary N) is 1. The SMILES string of the molecule is CSCCC(NC(=O)C(CS)NC(=O)C(N)CCC(=O)O)C(=O)NC(CS)C(=O)O. The summed E-state index contributed by atoms with van der Waals surface area (Å²) in [5.41, 5.74) is 5.62. The van der Waals surface area contributed by atoms with Gasteiger partial charge in [-0.25, -0.2) is 4.79 Å². The van der Waals surface area contributed by atoms with Gasteiger partial charge in [-0.1, -0.05) is 0 Å². The summed E-state index contributed by atoms with van der Waals surface area (Å²) in [6.07, 6.45) is 1.61. The monoisotopic (exact) mass is 484 g/mol. The van der Waals surface area contributed by atoms with Gasteiger partial charge in [-0.2, -0.15) is 37.0 Å². The Balaban J connectivity index is 5.07. The van der Waals surface area contributed by atoms with Gasteiger partial charge in [0.1, 0.15) is 18.1 Å². The van der Waals surface area contributed by atoms with E-state index in [-0.39, 0.29) is 30.8 Å². The van der Waals surface area contributed by atoms with E-state index in [9.17, 15) is 24.0 Å². The molecule has 0 bridgehead atoms. The Morgan fingerprint density at radius 2 is 1.37 bits per heavy atom. The first-order valence-electron chi connectivity index (χ1n) is 8.89. The van der Waals surface area contributed by atoms with Gasteiger partial charge in [-0.3, -0.25) is 19.2 Å². The number of carbonyl (C=O) groups excluding carboxylic acids is 3. The molecule has 0 fully saturated rings. The molecule has 0 saturated heterocycles. The van der Waals surface area contributed by atoms with Crippen LogP contribution in [0.3, 0.4) is 0 Å². The molecule has 14 heteroatoms. The molecule has 3 amide bonds. The van der Waals surface area contributed by atoms with Gasteiger partial charge in [0.25, 0.3) is 0 Å². The minimum Gasteiger partial charge on any atom is -0.481 e. The summed E-state index contributed by atoms with van der Waals surface area (Å²) in [5, 5.41) is 24.9. The fourth-order valence-corrected chi connectivity index (χ4v) is 3.09. The van der Waals surface area contributed by atoms with Gasteiger partial charge >= 0.3 is 11.9 Å². The molecule has 172 valence electrons. The highest BCUT2D eigenvalue weighted by molar-refractivity contribution is 7.98. The number of carboxylic acids is 2. The van der Waals surface area contributed by atoms with Crippen LogP contribution in [0, 0.1) is 0 Å². The third-order valence-corrected chi connectivity index (χ3v) is 5.24. The maximum absolute atomic E-state index is 12.5. The summed E-state index contributed by atoms with van der Waals surface area (Å²) in [7, 11) is 0. The molecule has 0 rings (SSSR count). The zero-order valence-corrected chi connectivity index (χ0v) is 19.0. The molecule has 0 aliphatic heterocycles. The van der Waals surface area contributed by atoms with Crippen LogP contribution >= 0.6 is 37.0 Å². The van der Waals surface area contributed by atoms with Crippen LogP contribution in [0.2, 0.25) is 0 Å². The van der Waals surface area contributed by atoms with Crippen LogP contribution in [-0.4, -0.2) is 87.6 Å². The Hall–Kier alpha value is -1.64. The van der Waals surface area contributed by atoms with Gasteiger partial charge in [0, 0.05) is 17.9 Å². The summed E-state index contributed by atoms with van der Waals surface area (Å²) < 4.78 is 0. The number of carbonyl (C=O) groups is 5. The standard InChI is InChI=1S/C16H28N4O7S3/c1-30-5-4-9(14(24)20-11(7-29)16(26)27)18-15(25)10(6-28)19-13(23)8(17)2-3-12(21)22/h8-11,28-29H,2-7,17H2,1H3,(H,18,25)(H,19,23)(H,20,24)(H,21,22)(H,26,27). The van der Waals surface area contributed by atoms with Gasteiger partial charge in [0.05, 0.1) is 6.04 Å².